The molecule has 0 aliphatic carbocycles. The van der Waals surface area contributed by atoms with Crippen molar-refractivity contribution in [1.29, 1.82) is 0 Å². The molecule has 1 heterocycles. The molecule has 3 N–H and O–H groups in total. The Hall–Kier alpha value is -1.10. The van der Waals surface area contributed by atoms with Gasteiger partial charge in [-0.25, -0.2) is 0 Å². The number of β-amino-alcohol motifs (C(OH)–C–C–N with tert-alkyl or cyclic N) is 1. The molecular formula is C13H20N2O2. The number of hydrogen-bond donors (Lipinski definition) is 2. The number of benzene rings is 1. The largest absolute Gasteiger partial charge is 0.497 e. The molecule has 2 rings (SSSR count). The van der Waals surface area contributed by atoms with Crippen molar-refractivity contribution in [2.24, 2.45) is 5.73 Å². The van der Waals surface area contributed by atoms with E-state index < -0.39 is 0 Å². The van der Waals surface area contributed by atoms with Gasteiger partial charge >= 0.3 is 0 Å². The van der Waals surface area contributed by atoms with Crippen LogP contribution in [0.2, 0.25) is 0 Å². The summed E-state index contributed by atoms with van der Waals surface area (Å²) < 4.78 is 5.22. The van der Waals surface area contributed by atoms with Crippen LogP contribution in [0.25, 0.3) is 0 Å². The smallest absolute Gasteiger partial charge is 0.119 e. The number of nitrogens with two attached hydrogens (primary N) is 1. The monoisotopic (exact) mass is 236 g/mol. The Kier molecular flexibility index (Phi) is 3.99. The van der Waals surface area contributed by atoms with Gasteiger partial charge in [0.15, 0.2) is 0 Å². The van der Waals surface area contributed by atoms with E-state index in [1.807, 2.05) is 18.2 Å². The van der Waals surface area contributed by atoms with Crippen LogP contribution in [0.1, 0.15) is 18.0 Å². The molecule has 0 radical (unpaired) electrons. The van der Waals surface area contributed by atoms with Gasteiger partial charge in [0.25, 0.3) is 0 Å². The minimum Gasteiger partial charge on any atom is -0.497 e. The minimum atomic E-state index is -0.213. The molecule has 0 saturated carbocycles. The summed E-state index contributed by atoms with van der Waals surface area (Å²) in [5.74, 6) is 0.848. The summed E-state index contributed by atoms with van der Waals surface area (Å²) in [6, 6.07) is 8.15. The van der Waals surface area contributed by atoms with E-state index in [-0.39, 0.29) is 12.1 Å². The molecule has 0 amide bonds. The maximum atomic E-state index is 9.58. The number of aliphatic hydroxyl groups is 1. The van der Waals surface area contributed by atoms with Gasteiger partial charge in [-0.2, -0.15) is 0 Å². The molecule has 2 atom stereocenters. The maximum absolute atomic E-state index is 9.58. The molecule has 0 aromatic heterocycles. The number of methoxy groups -OCH3 is 1. The zero-order valence-corrected chi connectivity index (χ0v) is 10.2. The first-order valence-electron chi connectivity index (χ1n) is 6.00. The normalized spacial score (nSPS) is 22.6. The first kappa shape index (κ1) is 12.4. The number of likely N-dealkylation sites (tertiary alicyclic amines) is 1. The van der Waals surface area contributed by atoms with Crippen LogP contribution in [0.4, 0.5) is 0 Å². The lowest BCUT2D eigenvalue weighted by atomic mass is 10.1. The van der Waals surface area contributed by atoms with E-state index in [2.05, 4.69) is 11.0 Å². The van der Waals surface area contributed by atoms with Gasteiger partial charge in [-0.05, 0) is 24.1 Å². The van der Waals surface area contributed by atoms with Crippen LogP contribution in [0.5, 0.6) is 5.75 Å². The highest BCUT2D eigenvalue weighted by atomic mass is 16.5. The number of hydrogen-bond acceptors (Lipinski definition) is 4. The lowest BCUT2D eigenvalue weighted by Gasteiger charge is -2.26. The Labute approximate surface area is 102 Å². The Balaban J connectivity index is 2.16. The summed E-state index contributed by atoms with van der Waals surface area (Å²) in [5, 5.41) is 9.58. The highest BCUT2D eigenvalue weighted by Crippen LogP contribution is 2.26. The van der Waals surface area contributed by atoms with E-state index in [0.29, 0.717) is 13.1 Å². The molecule has 94 valence electrons. The zero-order chi connectivity index (χ0) is 12.3. The predicted molar refractivity (Wildman–Crippen MR) is 67.0 cm³/mol. The fourth-order valence-corrected chi connectivity index (χ4v) is 2.40. The Morgan fingerprint density at radius 3 is 3.00 bits per heavy atom. The van der Waals surface area contributed by atoms with E-state index in [1.165, 1.54) is 0 Å². The molecule has 0 bridgehead atoms. The maximum Gasteiger partial charge on any atom is 0.119 e. The van der Waals surface area contributed by atoms with Gasteiger partial charge in [0.2, 0.25) is 0 Å². The molecule has 4 heteroatoms. The van der Waals surface area contributed by atoms with Crippen molar-refractivity contribution in [3.05, 3.63) is 29.8 Å². The van der Waals surface area contributed by atoms with Gasteiger partial charge < -0.3 is 15.6 Å². The van der Waals surface area contributed by atoms with Gasteiger partial charge in [0.1, 0.15) is 5.75 Å². The van der Waals surface area contributed by atoms with Crippen LogP contribution in [-0.2, 0) is 0 Å². The van der Waals surface area contributed by atoms with E-state index in [9.17, 15) is 5.11 Å². The SMILES string of the molecule is COc1cccc(C(CN)N2CCC(O)C2)c1. The molecule has 17 heavy (non-hydrogen) atoms. The topological polar surface area (TPSA) is 58.7 Å². The summed E-state index contributed by atoms with van der Waals surface area (Å²) in [6.45, 7) is 2.17. The molecule has 1 aliphatic rings. The first-order valence-corrected chi connectivity index (χ1v) is 6.00. The van der Waals surface area contributed by atoms with Crippen molar-refractivity contribution >= 4 is 0 Å². The summed E-state index contributed by atoms with van der Waals surface area (Å²) in [5.41, 5.74) is 7.01. The van der Waals surface area contributed by atoms with Crippen LogP contribution < -0.4 is 10.5 Å². The van der Waals surface area contributed by atoms with Crippen LogP contribution in [0.3, 0.4) is 0 Å². The van der Waals surface area contributed by atoms with Crippen molar-refractivity contribution in [3.8, 4) is 5.75 Å². The zero-order valence-electron chi connectivity index (χ0n) is 10.2. The summed E-state index contributed by atoms with van der Waals surface area (Å²) >= 11 is 0. The molecule has 4 nitrogen and oxygen atoms in total. The quantitative estimate of drug-likeness (QED) is 0.810. The van der Waals surface area contributed by atoms with Crippen LogP contribution >= 0.6 is 0 Å². The lowest BCUT2D eigenvalue weighted by Crippen LogP contribution is -2.32. The first-order chi connectivity index (χ1) is 8.24. The van der Waals surface area contributed by atoms with E-state index in [1.54, 1.807) is 7.11 Å². The van der Waals surface area contributed by atoms with Gasteiger partial charge in [0, 0.05) is 25.7 Å². The van der Waals surface area contributed by atoms with Gasteiger partial charge in [0.05, 0.1) is 13.2 Å². The van der Waals surface area contributed by atoms with Crippen molar-refractivity contribution in [2.75, 3.05) is 26.7 Å². The van der Waals surface area contributed by atoms with Gasteiger partial charge in [-0.15, -0.1) is 0 Å². The van der Waals surface area contributed by atoms with E-state index in [0.717, 1.165) is 24.3 Å². The molecule has 0 spiro atoms. The molecule has 1 aromatic carbocycles. The second-order valence-corrected chi connectivity index (χ2v) is 4.47. The third-order valence-corrected chi connectivity index (χ3v) is 3.34. The standard InChI is InChI=1S/C13H20N2O2/c1-17-12-4-2-3-10(7-12)13(8-14)15-6-5-11(16)9-15/h2-4,7,11,13,16H,5-6,8-9,14H2,1H3. The van der Waals surface area contributed by atoms with Crippen LogP contribution in [0.15, 0.2) is 24.3 Å². The Morgan fingerprint density at radius 1 is 1.59 bits per heavy atom. The number of nitrogens with zero attached hydrogens (tertiary/aromatic N) is 1. The average Bonchev–Trinajstić information content (AvgIpc) is 2.77. The van der Waals surface area contributed by atoms with Crippen molar-refractivity contribution in [1.82, 2.24) is 4.90 Å². The third-order valence-electron chi connectivity index (χ3n) is 3.34. The number of rotatable bonds is 4. The van der Waals surface area contributed by atoms with Crippen molar-refractivity contribution in [2.45, 2.75) is 18.6 Å². The van der Waals surface area contributed by atoms with Gasteiger partial charge in [-0.1, -0.05) is 12.1 Å². The molecule has 2 unspecified atom stereocenters. The predicted octanol–water partition coefficient (Wildman–Crippen LogP) is 0.762. The summed E-state index contributed by atoms with van der Waals surface area (Å²) in [7, 11) is 1.66. The fourth-order valence-electron chi connectivity index (χ4n) is 2.40. The second kappa shape index (κ2) is 5.49. The van der Waals surface area contributed by atoms with E-state index >= 15 is 0 Å². The highest BCUT2D eigenvalue weighted by Gasteiger charge is 2.27. The molecule has 1 aromatic rings. The Bertz CT molecular complexity index is 370. The third kappa shape index (κ3) is 2.77. The molecule has 1 aliphatic heterocycles. The highest BCUT2D eigenvalue weighted by molar-refractivity contribution is 5.31. The molecular weight excluding hydrogens is 216 g/mol. The number of aliphatic hydroxyl groups excluding tert-OH is 1. The minimum absolute atomic E-state index is 0.169. The average molecular weight is 236 g/mol. The fraction of sp³-hybridized carbons (Fsp3) is 0.538. The Morgan fingerprint density at radius 2 is 2.41 bits per heavy atom. The van der Waals surface area contributed by atoms with Crippen LogP contribution in [0, 0.1) is 0 Å². The van der Waals surface area contributed by atoms with Crippen molar-refractivity contribution in [3.63, 3.8) is 0 Å². The lowest BCUT2D eigenvalue weighted by molar-refractivity contribution is 0.160. The van der Waals surface area contributed by atoms with Crippen molar-refractivity contribution < 1.29 is 9.84 Å². The summed E-state index contributed by atoms with van der Waals surface area (Å²) in [4.78, 5) is 2.24. The summed E-state index contributed by atoms with van der Waals surface area (Å²) in [6.07, 6.45) is 0.621. The van der Waals surface area contributed by atoms with E-state index in [4.69, 9.17) is 10.5 Å². The number of ether oxygens (including phenoxy) is 1. The second-order valence-electron chi connectivity index (χ2n) is 4.47. The molecule has 1 saturated heterocycles. The molecule has 1 fully saturated rings. The van der Waals surface area contributed by atoms with Crippen LogP contribution in [-0.4, -0.2) is 42.9 Å². The van der Waals surface area contributed by atoms with Gasteiger partial charge in [-0.3, -0.25) is 4.90 Å².